The maximum atomic E-state index is 11.3. The summed E-state index contributed by atoms with van der Waals surface area (Å²) in [4.78, 5) is 11.6. The van der Waals surface area contributed by atoms with Crippen LogP contribution < -0.4 is 10.1 Å². The van der Waals surface area contributed by atoms with Gasteiger partial charge in [0.2, 0.25) is 0 Å². The third-order valence-corrected chi connectivity index (χ3v) is 4.87. The monoisotopic (exact) mass is 325 g/mol. The number of carbonyl (C=O) groups excluding carboxylic acids is 1. The van der Waals surface area contributed by atoms with Crippen molar-refractivity contribution in [2.75, 3.05) is 18.5 Å². The van der Waals surface area contributed by atoms with Crippen molar-refractivity contribution in [3.05, 3.63) is 23.8 Å². The molecule has 102 valence electrons. The zero-order chi connectivity index (χ0) is 13.4. The summed E-state index contributed by atoms with van der Waals surface area (Å²) >= 11 is 3.75. The topological polar surface area (TPSA) is 47.6 Å². The van der Waals surface area contributed by atoms with E-state index in [-0.39, 0.29) is 17.3 Å². The molecule has 5 heteroatoms. The van der Waals surface area contributed by atoms with Gasteiger partial charge in [-0.15, -0.1) is 0 Å². The Hall–Kier alpha value is -1.07. The zero-order valence-corrected chi connectivity index (χ0v) is 12.3. The molecule has 0 spiro atoms. The molecule has 0 saturated carbocycles. The van der Waals surface area contributed by atoms with Gasteiger partial charge in [-0.3, -0.25) is 4.79 Å². The van der Waals surface area contributed by atoms with Crippen LogP contribution in [0, 0.1) is 5.92 Å². The van der Waals surface area contributed by atoms with Crippen LogP contribution in [0.2, 0.25) is 0 Å². The second-order valence-electron chi connectivity index (χ2n) is 5.13. The fourth-order valence-electron chi connectivity index (χ4n) is 2.60. The molecule has 2 aliphatic heterocycles. The lowest BCUT2D eigenvalue weighted by atomic mass is 9.96. The minimum absolute atomic E-state index is 0.0953. The third kappa shape index (κ3) is 2.62. The quantitative estimate of drug-likeness (QED) is 0.850. The van der Waals surface area contributed by atoms with Crippen molar-refractivity contribution in [3.63, 3.8) is 0 Å². The van der Waals surface area contributed by atoms with Gasteiger partial charge in [-0.1, -0.05) is 22.0 Å². The van der Waals surface area contributed by atoms with Crippen LogP contribution in [-0.4, -0.2) is 25.2 Å². The number of benzene rings is 1. The Morgan fingerprint density at radius 2 is 2.32 bits per heavy atom. The molecule has 0 radical (unpaired) electrons. The van der Waals surface area contributed by atoms with Crippen molar-refractivity contribution in [1.82, 2.24) is 0 Å². The molecule has 3 atom stereocenters. The number of rotatable bonds is 2. The number of fused-ring (bicyclic) bond motifs is 1. The molecule has 4 nitrogen and oxygen atoms in total. The average molecular weight is 326 g/mol. The van der Waals surface area contributed by atoms with Crippen molar-refractivity contribution in [1.29, 1.82) is 0 Å². The van der Waals surface area contributed by atoms with Gasteiger partial charge in [-0.05, 0) is 31.0 Å². The van der Waals surface area contributed by atoms with Crippen LogP contribution in [-0.2, 0) is 9.53 Å². The second kappa shape index (κ2) is 5.13. The predicted octanol–water partition coefficient (Wildman–Crippen LogP) is 2.88. The van der Waals surface area contributed by atoms with Gasteiger partial charge in [0, 0.05) is 10.7 Å². The van der Waals surface area contributed by atoms with Crippen LogP contribution in [0.1, 0.15) is 23.7 Å². The van der Waals surface area contributed by atoms with E-state index < -0.39 is 0 Å². The molecule has 1 fully saturated rings. The molecule has 2 aliphatic rings. The number of ether oxygens (including phenoxy) is 2. The van der Waals surface area contributed by atoms with Gasteiger partial charge in [-0.25, -0.2) is 0 Å². The molecular formula is C14H16BrNO3. The van der Waals surface area contributed by atoms with Crippen LogP contribution in [0.15, 0.2) is 18.2 Å². The van der Waals surface area contributed by atoms with Crippen molar-refractivity contribution in [2.24, 2.45) is 5.92 Å². The number of amides is 1. The molecule has 1 amide bonds. The highest BCUT2D eigenvalue weighted by Crippen LogP contribution is 2.40. The van der Waals surface area contributed by atoms with E-state index in [2.05, 4.69) is 28.2 Å². The number of hydrogen-bond acceptors (Lipinski definition) is 3. The molecule has 0 aromatic heterocycles. The molecule has 1 N–H and O–H groups in total. The summed E-state index contributed by atoms with van der Waals surface area (Å²) in [7, 11) is 0. The average Bonchev–Trinajstić information content (AvgIpc) is 2.83. The number of halogens is 1. The summed E-state index contributed by atoms with van der Waals surface area (Å²) in [5.41, 5.74) is 1.90. The molecular weight excluding hydrogens is 310 g/mol. The lowest BCUT2D eigenvalue weighted by molar-refractivity contribution is -0.118. The van der Waals surface area contributed by atoms with Crippen LogP contribution >= 0.6 is 15.9 Å². The summed E-state index contributed by atoms with van der Waals surface area (Å²) in [6.45, 7) is 2.97. The largest absolute Gasteiger partial charge is 0.482 e. The first-order chi connectivity index (χ1) is 9.13. The first-order valence-electron chi connectivity index (χ1n) is 6.46. The van der Waals surface area contributed by atoms with Gasteiger partial charge < -0.3 is 14.8 Å². The van der Waals surface area contributed by atoms with Gasteiger partial charge in [-0.2, -0.15) is 0 Å². The number of carbonyl (C=O) groups is 1. The molecule has 1 aromatic carbocycles. The summed E-state index contributed by atoms with van der Waals surface area (Å²) in [5.74, 6) is 1.10. The second-order valence-corrected chi connectivity index (χ2v) is 6.12. The van der Waals surface area contributed by atoms with Gasteiger partial charge in [0.05, 0.1) is 18.4 Å². The normalized spacial score (nSPS) is 27.4. The van der Waals surface area contributed by atoms with Crippen LogP contribution in [0.4, 0.5) is 5.69 Å². The summed E-state index contributed by atoms with van der Waals surface area (Å²) in [6, 6.07) is 5.94. The van der Waals surface area contributed by atoms with Crippen LogP contribution in [0.25, 0.3) is 0 Å². The van der Waals surface area contributed by atoms with Crippen LogP contribution in [0.5, 0.6) is 5.75 Å². The van der Waals surface area contributed by atoms with Crippen molar-refractivity contribution < 1.29 is 14.3 Å². The van der Waals surface area contributed by atoms with Gasteiger partial charge in [0.15, 0.2) is 6.61 Å². The highest BCUT2D eigenvalue weighted by molar-refractivity contribution is 9.09. The Bertz CT molecular complexity index is 505. The Morgan fingerprint density at radius 3 is 3.05 bits per heavy atom. The van der Waals surface area contributed by atoms with Crippen LogP contribution in [0.3, 0.4) is 0 Å². The fraction of sp³-hybridized carbons (Fsp3) is 0.500. The van der Waals surface area contributed by atoms with Gasteiger partial charge in [0.1, 0.15) is 5.75 Å². The van der Waals surface area contributed by atoms with E-state index in [1.807, 2.05) is 18.2 Å². The van der Waals surface area contributed by atoms with E-state index in [0.29, 0.717) is 12.0 Å². The van der Waals surface area contributed by atoms with E-state index in [1.54, 1.807) is 0 Å². The van der Waals surface area contributed by atoms with Crippen molar-refractivity contribution >= 4 is 27.5 Å². The zero-order valence-electron chi connectivity index (χ0n) is 10.7. The predicted molar refractivity (Wildman–Crippen MR) is 75.8 cm³/mol. The Kier molecular flexibility index (Phi) is 3.50. The van der Waals surface area contributed by atoms with E-state index >= 15 is 0 Å². The lowest BCUT2D eigenvalue weighted by Gasteiger charge is -2.21. The SMILES string of the molecule is CC1CC(C(Br)c2ccc3c(c2)NC(=O)CO3)CO1. The minimum Gasteiger partial charge on any atom is -0.482 e. The molecule has 0 bridgehead atoms. The van der Waals surface area contributed by atoms with E-state index in [4.69, 9.17) is 9.47 Å². The van der Waals surface area contributed by atoms with E-state index in [9.17, 15) is 4.79 Å². The molecule has 3 rings (SSSR count). The highest BCUT2D eigenvalue weighted by Gasteiger charge is 2.29. The minimum atomic E-state index is -0.103. The summed E-state index contributed by atoms with van der Waals surface area (Å²) < 4.78 is 11.0. The number of alkyl halides is 1. The van der Waals surface area contributed by atoms with E-state index in [1.165, 1.54) is 0 Å². The molecule has 0 aliphatic carbocycles. The van der Waals surface area contributed by atoms with Gasteiger partial charge in [0.25, 0.3) is 5.91 Å². The smallest absolute Gasteiger partial charge is 0.262 e. The Labute approximate surface area is 120 Å². The summed E-state index contributed by atoms with van der Waals surface area (Å²) in [6.07, 6.45) is 1.38. The highest BCUT2D eigenvalue weighted by atomic mass is 79.9. The third-order valence-electron chi connectivity index (χ3n) is 3.60. The first kappa shape index (κ1) is 12.9. The molecule has 19 heavy (non-hydrogen) atoms. The molecule has 2 heterocycles. The molecule has 1 aromatic rings. The van der Waals surface area contributed by atoms with E-state index in [0.717, 1.165) is 30.0 Å². The maximum absolute atomic E-state index is 11.3. The number of hydrogen-bond donors (Lipinski definition) is 1. The Balaban J connectivity index is 1.81. The number of anilines is 1. The first-order valence-corrected chi connectivity index (χ1v) is 7.37. The lowest BCUT2D eigenvalue weighted by Crippen LogP contribution is -2.25. The summed E-state index contributed by atoms with van der Waals surface area (Å²) in [5, 5.41) is 2.84. The molecule has 3 unspecified atom stereocenters. The van der Waals surface area contributed by atoms with Crippen molar-refractivity contribution in [2.45, 2.75) is 24.3 Å². The van der Waals surface area contributed by atoms with Crippen molar-refractivity contribution in [3.8, 4) is 5.75 Å². The standard InChI is InChI=1S/C14H16BrNO3/c1-8-4-10(6-18-8)14(15)9-2-3-12-11(5-9)16-13(17)7-19-12/h2-3,5,8,10,14H,4,6-7H2,1H3,(H,16,17). The fourth-order valence-corrected chi connectivity index (χ4v) is 3.25. The molecule has 1 saturated heterocycles. The van der Waals surface area contributed by atoms with Gasteiger partial charge >= 0.3 is 0 Å². The maximum Gasteiger partial charge on any atom is 0.262 e. The number of nitrogens with one attached hydrogen (secondary N) is 1. The Morgan fingerprint density at radius 1 is 1.47 bits per heavy atom.